The Bertz CT molecular complexity index is 527. The van der Waals surface area contributed by atoms with Gasteiger partial charge in [0.1, 0.15) is 0 Å². The van der Waals surface area contributed by atoms with Crippen molar-refractivity contribution in [2.24, 2.45) is 0 Å². The van der Waals surface area contributed by atoms with Crippen LogP contribution in [0.2, 0.25) is 5.02 Å². The summed E-state index contributed by atoms with van der Waals surface area (Å²) in [5.41, 5.74) is 0.997. The van der Waals surface area contributed by atoms with Crippen LogP contribution in [0.1, 0.15) is 5.56 Å². The maximum Gasteiger partial charge on any atom is 0.0897 e. The van der Waals surface area contributed by atoms with Crippen molar-refractivity contribution in [2.45, 2.75) is 6.42 Å². The average Bonchev–Trinajstić information content (AvgIpc) is 2.45. The number of rotatable bonds is 1. The van der Waals surface area contributed by atoms with Crippen LogP contribution in [0.4, 0.5) is 0 Å². The smallest absolute Gasteiger partial charge is 0.0897 e. The van der Waals surface area contributed by atoms with Gasteiger partial charge in [-0.05, 0) is 27.6 Å². The first-order valence-corrected chi connectivity index (χ1v) is 5.95. The molecule has 2 rings (SSSR count). The first kappa shape index (κ1) is 9.97. The van der Waals surface area contributed by atoms with Crippen molar-refractivity contribution in [3.8, 4) is 6.07 Å². The molecule has 1 nitrogen and oxygen atoms in total. The molecular formula is C10H5BrClNS. The molecule has 0 aliphatic heterocycles. The van der Waals surface area contributed by atoms with Gasteiger partial charge in [-0.1, -0.05) is 23.7 Å². The van der Waals surface area contributed by atoms with E-state index in [1.165, 1.54) is 0 Å². The molecule has 14 heavy (non-hydrogen) atoms. The molecule has 0 N–H and O–H groups in total. The Balaban J connectivity index is 2.79. The summed E-state index contributed by atoms with van der Waals surface area (Å²) in [5, 5.41) is 10.4. The molecule has 0 bridgehead atoms. The van der Waals surface area contributed by atoms with E-state index in [1.54, 1.807) is 11.3 Å². The van der Waals surface area contributed by atoms with E-state index in [0.717, 1.165) is 24.5 Å². The lowest BCUT2D eigenvalue weighted by Crippen LogP contribution is -1.81. The highest BCUT2D eigenvalue weighted by molar-refractivity contribution is 9.11. The van der Waals surface area contributed by atoms with Crippen molar-refractivity contribution in [1.82, 2.24) is 0 Å². The van der Waals surface area contributed by atoms with Crippen LogP contribution in [0.3, 0.4) is 0 Å². The molecule has 0 saturated carbocycles. The molecule has 0 spiro atoms. The van der Waals surface area contributed by atoms with E-state index in [-0.39, 0.29) is 0 Å². The molecule has 1 aromatic carbocycles. The van der Waals surface area contributed by atoms with Gasteiger partial charge in [-0.3, -0.25) is 0 Å². The zero-order valence-electron chi connectivity index (χ0n) is 7.05. The zero-order valence-corrected chi connectivity index (χ0v) is 10.2. The van der Waals surface area contributed by atoms with Gasteiger partial charge in [-0.15, -0.1) is 11.3 Å². The van der Waals surface area contributed by atoms with Gasteiger partial charge in [0.2, 0.25) is 0 Å². The van der Waals surface area contributed by atoms with Gasteiger partial charge in [0.15, 0.2) is 0 Å². The van der Waals surface area contributed by atoms with Crippen LogP contribution in [0.25, 0.3) is 10.1 Å². The summed E-state index contributed by atoms with van der Waals surface area (Å²) in [6.45, 7) is 0. The normalized spacial score (nSPS) is 10.4. The molecular weight excluding hydrogens is 282 g/mol. The summed E-state index contributed by atoms with van der Waals surface area (Å²) in [5.74, 6) is 0. The molecule has 0 amide bonds. The van der Waals surface area contributed by atoms with Crippen LogP contribution >= 0.6 is 38.9 Å². The van der Waals surface area contributed by atoms with Gasteiger partial charge >= 0.3 is 0 Å². The molecule has 2 aromatic rings. The van der Waals surface area contributed by atoms with Gasteiger partial charge in [0.05, 0.1) is 21.3 Å². The maximum absolute atomic E-state index is 8.68. The number of nitriles is 1. The lowest BCUT2D eigenvalue weighted by Gasteiger charge is -1.97. The number of thiophene rings is 1. The highest BCUT2D eigenvalue weighted by Gasteiger charge is 2.11. The third-order valence-corrected chi connectivity index (χ3v) is 4.52. The molecule has 0 aliphatic carbocycles. The standard InChI is InChI=1S/C10H5BrClNS/c11-10-9(12)8-6(4-5-13)2-1-3-7(8)14-10/h1-3H,4H2. The van der Waals surface area contributed by atoms with Crippen molar-refractivity contribution < 1.29 is 0 Å². The van der Waals surface area contributed by atoms with Crippen LogP contribution in [-0.2, 0) is 6.42 Å². The predicted octanol–water partition coefficient (Wildman–Crippen LogP) is 4.38. The van der Waals surface area contributed by atoms with E-state index in [0.29, 0.717) is 6.42 Å². The number of halogens is 2. The second-order valence-corrected chi connectivity index (χ2v) is 5.56. The molecule has 70 valence electrons. The van der Waals surface area contributed by atoms with Crippen molar-refractivity contribution in [3.05, 3.63) is 32.6 Å². The molecule has 0 aliphatic rings. The molecule has 0 saturated heterocycles. The van der Waals surface area contributed by atoms with Crippen LogP contribution in [-0.4, -0.2) is 0 Å². The first-order valence-electron chi connectivity index (χ1n) is 3.96. The minimum absolute atomic E-state index is 0.403. The number of nitrogens with zero attached hydrogens (tertiary/aromatic N) is 1. The fourth-order valence-corrected chi connectivity index (χ4v) is 3.37. The maximum atomic E-state index is 8.68. The Morgan fingerprint density at radius 3 is 3.00 bits per heavy atom. The summed E-state index contributed by atoms with van der Waals surface area (Å²) in [6, 6.07) is 8.05. The van der Waals surface area contributed by atoms with E-state index in [4.69, 9.17) is 16.9 Å². The third-order valence-electron chi connectivity index (χ3n) is 1.97. The largest absolute Gasteiger partial charge is 0.198 e. The molecule has 4 heteroatoms. The van der Waals surface area contributed by atoms with Crippen molar-refractivity contribution in [3.63, 3.8) is 0 Å². The Kier molecular flexibility index (Phi) is 2.78. The Hall–Kier alpha value is -0.560. The first-order chi connectivity index (χ1) is 6.74. The summed E-state index contributed by atoms with van der Waals surface area (Å²) in [7, 11) is 0. The Labute approximate surface area is 99.0 Å². The van der Waals surface area contributed by atoms with Gasteiger partial charge in [0, 0.05) is 10.1 Å². The topological polar surface area (TPSA) is 23.8 Å². The molecule has 0 unspecified atom stereocenters. The van der Waals surface area contributed by atoms with Crippen LogP contribution in [0.5, 0.6) is 0 Å². The van der Waals surface area contributed by atoms with E-state index in [2.05, 4.69) is 22.0 Å². The summed E-state index contributed by atoms with van der Waals surface area (Å²) < 4.78 is 2.05. The number of hydrogen-bond donors (Lipinski definition) is 0. The second kappa shape index (κ2) is 3.90. The minimum atomic E-state index is 0.403. The monoisotopic (exact) mass is 285 g/mol. The summed E-state index contributed by atoms with van der Waals surface area (Å²) in [6.07, 6.45) is 0.403. The summed E-state index contributed by atoms with van der Waals surface area (Å²) in [4.78, 5) is 0. The quantitative estimate of drug-likeness (QED) is 0.763. The number of fused-ring (bicyclic) bond motifs is 1. The molecule has 1 heterocycles. The highest BCUT2D eigenvalue weighted by Crippen LogP contribution is 2.40. The fourth-order valence-electron chi connectivity index (χ4n) is 1.38. The SMILES string of the molecule is N#CCc1cccc2sc(Br)c(Cl)c12. The van der Waals surface area contributed by atoms with Crippen molar-refractivity contribution in [2.75, 3.05) is 0 Å². The van der Waals surface area contributed by atoms with E-state index in [1.807, 2.05) is 18.2 Å². The van der Waals surface area contributed by atoms with Crippen LogP contribution < -0.4 is 0 Å². The number of hydrogen-bond acceptors (Lipinski definition) is 2. The van der Waals surface area contributed by atoms with Crippen LogP contribution in [0.15, 0.2) is 22.0 Å². The fraction of sp³-hybridized carbons (Fsp3) is 0.100. The van der Waals surface area contributed by atoms with Crippen LogP contribution in [0, 0.1) is 11.3 Å². The number of benzene rings is 1. The predicted molar refractivity (Wildman–Crippen MR) is 63.9 cm³/mol. The van der Waals surface area contributed by atoms with E-state index >= 15 is 0 Å². The van der Waals surface area contributed by atoms with E-state index < -0.39 is 0 Å². The minimum Gasteiger partial charge on any atom is -0.198 e. The van der Waals surface area contributed by atoms with E-state index in [9.17, 15) is 0 Å². The summed E-state index contributed by atoms with van der Waals surface area (Å²) >= 11 is 11.1. The Morgan fingerprint density at radius 2 is 2.29 bits per heavy atom. The molecule has 0 atom stereocenters. The lowest BCUT2D eigenvalue weighted by atomic mass is 10.1. The highest BCUT2D eigenvalue weighted by atomic mass is 79.9. The van der Waals surface area contributed by atoms with Crippen molar-refractivity contribution >= 4 is 49.0 Å². The lowest BCUT2D eigenvalue weighted by molar-refractivity contribution is 1.29. The molecule has 0 fully saturated rings. The zero-order chi connectivity index (χ0) is 10.1. The van der Waals surface area contributed by atoms with Crippen molar-refractivity contribution in [1.29, 1.82) is 5.26 Å². The van der Waals surface area contributed by atoms with Gasteiger partial charge in [-0.25, -0.2) is 0 Å². The molecule has 0 radical (unpaired) electrons. The second-order valence-electron chi connectivity index (χ2n) is 2.81. The third kappa shape index (κ3) is 1.54. The Morgan fingerprint density at radius 1 is 1.50 bits per heavy atom. The molecule has 1 aromatic heterocycles. The van der Waals surface area contributed by atoms with Gasteiger partial charge in [-0.2, -0.15) is 5.26 Å². The van der Waals surface area contributed by atoms with Gasteiger partial charge in [0.25, 0.3) is 0 Å². The van der Waals surface area contributed by atoms with Gasteiger partial charge < -0.3 is 0 Å². The average molecular weight is 287 g/mol.